The zero-order valence-electron chi connectivity index (χ0n) is 18.3. The second-order valence-corrected chi connectivity index (χ2v) is 9.72. The number of aromatic hydroxyl groups is 1. The van der Waals surface area contributed by atoms with Gasteiger partial charge < -0.3 is 20.2 Å². The first kappa shape index (κ1) is 22.9. The summed E-state index contributed by atoms with van der Waals surface area (Å²) in [5.41, 5.74) is 1.80. The number of rotatable bonds is 6. The molecule has 0 unspecified atom stereocenters. The Morgan fingerprint density at radius 2 is 1.71 bits per heavy atom. The van der Waals surface area contributed by atoms with Crippen LogP contribution in [0.15, 0.2) is 58.4 Å². The van der Waals surface area contributed by atoms with E-state index >= 15 is 0 Å². The lowest BCUT2D eigenvalue weighted by Crippen LogP contribution is -2.52. The van der Waals surface area contributed by atoms with Crippen molar-refractivity contribution < 1.29 is 13.5 Å². The normalized spacial score (nSPS) is 15.4. The molecule has 2 aromatic rings. The lowest BCUT2D eigenvalue weighted by Gasteiger charge is -2.37. The average Bonchev–Trinajstić information content (AvgIpc) is 2.77. The first-order valence-electron chi connectivity index (χ1n) is 10.4. The number of para-hydroxylation sites is 2. The summed E-state index contributed by atoms with van der Waals surface area (Å²) in [7, 11) is -0.382. The first-order valence-corrected chi connectivity index (χ1v) is 11.8. The summed E-state index contributed by atoms with van der Waals surface area (Å²) in [5, 5.41) is 13.4. The van der Waals surface area contributed by atoms with E-state index in [4.69, 9.17) is 4.99 Å². The SMILES string of the molecule is CCNC(=NCc1ccc(S(=O)(=O)N(C)C)cc1)N1CCN(c2ccccc2O)CC1. The molecule has 0 amide bonds. The number of hydrogen-bond donors (Lipinski definition) is 2. The van der Waals surface area contributed by atoms with E-state index in [0.29, 0.717) is 12.3 Å². The summed E-state index contributed by atoms with van der Waals surface area (Å²) in [5.74, 6) is 1.14. The summed E-state index contributed by atoms with van der Waals surface area (Å²) >= 11 is 0. The third kappa shape index (κ3) is 5.48. The monoisotopic (exact) mass is 445 g/mol. The highest BCUT2D eigenvalue weighted by molar-refractivity contribution is 7.89. The van der Waals surface area contributed by atoms with Crippen molar-refractivity contribution in [2.24, 2.45) is 4.99 Å². The van der Waals surface area contributed by atoms with Crippen LogP contribution in [-0.2, 0) is 16.6 Å². The molecule has 0 saturated carbocycles. The third-order valence-electron chi connectivity index (χ3n) is 5.25. The number of piperazine rings is 1. The van der Waals surface area contributed by atoms with Crippen LogP contribution in [0.3, 0.4) is 0 Å². The van der Waals surface area contributed by atoms with E-state index in [2.05, 4.69) is 15.1 Å². The Labute approximate surface area is 184 Å². The number of anilines is 1. The predicted octanol–water partition coefficient (Wildman–Crippen LogP) is 1.93. The van der Waals surface area contributed by atoms with Crippen LogP contribution in [-0.4, -0.2) is 75.5 Å². The van der Waals surface area contributed by atoms with Crippen LogP contribution >= 0.6 is 0 Å². The molecule has 0 radical (unpaired) electrons. The molecule has 0 aliphatic carbocycles. The molecule has 0 aromatic heterocycles. The smallest absolute Gasteiger partial charge is 0.242 e. The molecule has 3 rings (SSSR count). The molecule has 8 nitrogen and oxygen atoms in total. The molecule has 2 N–H and O–H groups in total. The summed E-state index contributed by atoms with van der Waals surface area (Å²) < 4.78 is 25.6. The van der Waals surface area contributed by atoms with E-state index in [1.807, 2.05) is 25.1 Å². The Hall–Kier alpha value is -2.78. The Kier molecular flexibility index (Phi) is 7.40. The van der Waals surface area contributed by atoms with Gasteiger partial charge in [0.15, 0.2) is 5.96 Å². The molecule has 1 fully saturated rings. The quantitative estimate of drug-likeness (QED) is 0.522. The molecule has 0 atom stereocenters. The highest BCUT2D eigenvalue weighted by Gasteiger charge is 2.21. The minimum Gasteiger partial charge on any atom is -0.506 e. The van der Waals surface area contributed by atoms with Crippen LogP contribution in [0, 0.1) is 0 Å². The van der Waals surface area contributed by atoms with Crippen LogP contribution in [0.5, 0.6) is 5.75 Å². The maximum absolute atomic E-state index is 12.2. The van der Waals surface area contributed by atoms with E-state index in [1.165, 1.54) is 18.4 Å². The van der Waals surface area contributed by atoms with E-state index < -0.39 is 10.0 Å². The Bertz CT molecular complexity index is 998. The van der Waals surface area contributed by atoms with Gasteiger partial charge in [-0.25, -0.2) is 17.7 Å². The molecule has 1 saturated heterocycles. The second kappa shape index (κ2) is 10.0. The molecule has 0 bridgehead atoms. The highest BCUT2D eigenvalue weighted by Crippen LogP contribution is 2.27. The number of nitrogens with zero attached hydrogens (tertiary/aromatic N) is 4. The van der Waals surface area contributed by atoms with Crippen molar-refractivity contribution in [3.8, 4) is 5.75 Å². The number of benzene rings is 2. The van der Waals surface area contributed by atoms with Gasteiger partial charge in [0, 0.05) is 46.8 Å². The van der Waals surface area contributed by atoms with Gasteiger partial charge in [0.25, 0.3) is 0 Å². The van der Waals surface area contributed by atoms with Crippen LogP contribution in [0.25, 0.3) is 0 Å². The fraction of sp³-hybridized carbons (Fsp3) is 0.409. The van der Waals surface area contributed by atoms with Crippen molar-refractivity contribution >= 4 is 21.7 Å². The van der Waals surface area contributed by atoms with E-state index in [-0.39, 0.29) is 4.90 Å². The zero-order chi connectivity index (χ0) is 22.4. The summed E-state index contributed by atoms with van der Waals surface area (Å²) in [6, 6.07) is 14.3. The van der Waals surface area contributed by atoms with E-state index in [0.717, 1.165) is 49.9 Å². The van der Waals surface area contributed by atoms with Crippen molar-refractivity contribution in [1.29, 1.82) is 0 Å². The van der Waals surface area contributed by atoms with Gasteiger partial charge in [0.1, 0.15) is 5.75 Å². The first-order chi connectivity index (χ1) is 14.8. The number of phenolic OH excluding ortho intramolecular Hbond substituents is 1. The number of guanidine groups is 1. The maximum Gasteiger partial charge on any atom is 0.242 e. The zero-order valence-corrected chi connectivity index (χ0v) is 19.1. The molecule has 2 aromatic carbocycles. The topological polar surface area (TPSA) is 88.5 Å². The standard InChI is InChI=1S/C22H31N5O3S/c1-4-23-22(24-17-18-9-11-19(12-10-18)31(29,30)25(2)3)27-15-13-26(14-16-27)20-7-5-6-8-21(20)28/h5-12,28H,4,13-17H2,1-3H3,(H,23,24). The number of hydrogen-bond acceptors (Lipinski definition) is 5. The van der Waals surface area contributed by atoms with Gasteiger partial charge in [0.2, 0.25) is 10.0 Å². The molecule has 1 aliphatic rings. The summed E-state index contributed by atoms with van der Waals surface area (Å²) in [4.78, 5) is 9.42. The van der Waals surface area contributed by atoms with Gasteiger partial charge in [-0.3, -0.25) is 0 Å². The van der Waals surface area contributed by atoms with Crippen molar-refractivity contribution in [3.63, 3.8) is 0 Å². The van der Waals surface area contributed by atoms with Gasteiger partial charge in [-0.15, -0.1) is 0 Å². The predicted molar refractivity (Wildman–Crippen MR) is 124 cm³/mol. The maximum atomic E-state index is 12.2. The van der Waals surface area contributed by atoms with Gasteiger partial charge >= 0.3 is 0 Å². The van der Waals surface area contributed by atoms with Gasteiger partial charge in [-0.05, 0) is 36.8 Å². The Balaban J connectivity index is 1.65. The third-order valence-corrected chi connectivity index (χ3v) is 7.08. The fourth-order valence-electron chi connectivity index (χ4n) is 3.46. The average molecular weight is 446 g/mol. The van der Waals surface area contributed by atoms with Crippen LogP contribution in [0.4, 0.5) is 5.69 Å². The lowest BCUT2D eigenvalue weighted by atomic mass is 10.2. The van der Waals surface area contributed by atoms with Gasteiger partial charge in [-0.1, -0.05) is 24.3 Å². The van der Waals surface area contributed by atoms with Crippen molar-refractivity contribution in [3.05, 3.63) is 54.1 Å². The Morgan fingerprint density at radius 3 is 2.29 bits per heavy atom. The minimum absolute atomic E-state index is 0.275. The number of aliphatic imine (C=N–C) groups is 1. The molecule has 0 spiro atoms. The van der Waals surface area contributed by atoms with Crippen LogP contribution in [0.1, 0.15) is 12.5 Å². The van der Waals surface area contributed by atoms with E-state index in [9.17, 15) is 13.5 Å². The Morgan fingerprint density at radius 1 is 1.06 bits per heavy atom. The van der Waals surface area contributed by atoms with Crippen molar-refractivity contribution in [2.45, 2.75) is 18.4 Å². The van der Waals surface area contributed by atoms with Crippen molar-refractivity contribution in [2.75, 3.05) is 51.7 Å². The number of nitrogens with one attached hydrogen (secondary N) is 1. The number of sulfonamides is 1. The van der Waals surface area contributed by atoms with Crippen molar-refractivity contribution in [1.82, 2.24) is 14.5 Å². The molecular weight excluding hydrogens is 414 g/mol. The van der Waals surface area contributed by atoms with Crippen LogP contribution < -0.4 is 10.2 Å². The number of phenols is 1. The molecule has 168 valence electrons. The molecule has 31 heavy (non-hydrogen) atoms. The minimum atomic E-state index is -3.43. The highest BCUT2D eigenvalue weighted by atomic mass is 32.2. The van der Waals surface area contributed by atoms with Gasteiger partial charge in [-0.2, -0.15) is 0 Å². The van der Waals surface area contributed by atoms with Crippen LogP contribution in [0.2, 0.25) is 0 Å². The summed E-state index contributed by atoms with van der Waals surface area (Å²) in [6.45, 7) is 6.43. The molecule has 1 aliphatic heterocycles. The molecule has 9 heteroatoms. The lowest BCUT2D eigenvalue weighted by molar-refractivity contribution is 0.369. The second-order valence-electron chi connectivity index (χ2n) is 7.56. The fourth-order valence-corrected chi connectivity index (χ4v) is 4.36. The van der Waals surface area contributed by atoms with E-state index in [1.54, 1.807) is 30.3 Å². The molecule has 1 heterocycles. The molecular formula is C22H31N5O3S. The van der Waals surface area contributed by atoms with Gasteiger partial charge in [0.05, 0.1) is 17.1 Å². The largest absolute Gasteiger partial charge is 0.506 e. The summed E-state index contributed by atoms with van der Waals surface area (Å²) in [6.07, 6.45) is 0.